The highest BCUT2D eigenvalue weighted by Crippen LogP contribution is 2.20. The van der Waals surface area contributed by atoms with E-state index in [2.05, 4.69) is 11.7 Å². The van der Waals surface area contributed by atoms with Gasteiger partial charge in [0.25, 0.3) is 0 Å². The lowest BCUT2D eigenvalue weighted by Crippen LogP contribution is -1.78. The van der Waals surface area contributed by atoms with Crippen LogP contribution in [0.15, 0.2) is 23.2 Å². The summed E-state index contributed by atoms with van der Waals surface area (Å²) in [5.74, 6) is -0.310. The van der Waals surface area contributed by atoms with E-state index in [4.69, 9.17) is 0 Å². The Morgan fingerprint density at radius 3 is 2.60 bits per heavy atom. The Kier molecular flexibility index (Phi) is 1.81. The zero-order valence-corrected chi connectivity index (χ0v) is 5.76. The molecule has 0 aliphatic carbocycles. The second-order valence-electron chi connectivity index (χ2n) is 2.06. The number of hydrogen-bond acceptors (Lipinski definition) is 1. The first-order valence-corrected chi connectivity index (χ1v) is 2.97. The van der Waals surface area contributed by atoms with Gasteiger partial charge < -0.3 is 0 Å². The Hall–Kier alpha value is -1.18. The largest absolute Gasteiger partial charge is 0.261 e. The SMILES string of the molecule is C=Nc1c(C)cccc1F. The molecule has 0 aromatic heterocycles. The zero-order valence-electron chi connectivity index (χ0n) is 5.76. The van der Waals surface area contributed by atoms with E-state index in [1.54, 1.807) is 19.1 Å². The van der Waals surface area contributed by atoms with Gasteiger partial charge in [-0.25, -0.2) is 4.39 Å². The first kappa shape index (κ1) is 6.93. The molecule has 1 aromatic rings. The molecule has 1 rings (SSSR count). The highest BCUT2D eigenvalue weighted by molar-refractivity contribution is 5.51. The quantitative estimate of drug-likeness (QED) is 0.527. The van der Waals surface area contributed by atoms with Crippen LogP contribution in [0.2, 0.25) is 0 Å². The van der Waals surface area contributed by atoms with Crippen molar-refractivity contribution in [2.75, 3.05) is 0 Å². The third kappa shape index (κ3) is 1.05. The summed E-state index contributed by atoms with van der Waals surface area (Å²) in [6.07, 6.45) is 0. The summed E-state index contributed by atoms with van der Waals surface area (Å²) in [5.41, 5.74) is 1.16. The minimum atomic E-state index is -0.310. The molecule has 0 aliphatic heterocycles. The summed E-state index contributed by atoms with van der Waals surface area (Å²) in [6, 6.07) is 4.82. The number of para-hydroxylation sites is 1. The molecule has 0 N–H and O–H groups in total. The van der Waals surface area contributed by atoms with Gasteiger partial charge in [0.15, 0.2) is 0 Å². The minimum absolute atomic E-state index is 0.310. The van der Waals surface area contributed by atoms with Crippen LogP contribution in [0.5, 0.6) is 0 Å². The minimum Gasteiger partial charge on any atom is -0.261 e. The predicted octanol–water partition coefficient (Wildman–Crippen LogP) is 2.47. The van der Waals surface area contributed by atoms with Gasteiger partial charge in [0, 0.05) is 0 Å². The van der Waals surface area contributed by atoms with Crippen LogP contribution in [0, 0.1) is 12.7 Å². The Morgan fingerprint density at radius 2 is 2.20 bits per heavy atom. The molecule has 0 radical (unpaired) electrons. The molecule has 0 atom stereocenters. The van der Waals surface area contributed by atoms with Crippen molar-refractivity contribution in [1.82, 2.24) is 0 Å². The second-order valence-corrected chi connectivity index (χ2v) is 2.06. The van der Waals surface area contributed by atoms with Crippen molar-refractivity contribution in [3.8, 4) is 0 Å². The monoisotopic (exact) mass is 137 g/mol. The number of hydrogen-bond donors (Lipinski definition) is 0. The van der Waals surface area contributed by atoms with Crippen LogP contribution < -0.4 is 0 Å². The molecule has 1 nitrogen and oxygen atoms in total. The van der Waals surface area contributed by atoms with Crippen LogP contribution in [0.25, 0.3) is 0 Å². The number of aliphatic imine (C=N–C) groups is 1. The fraction of sp³-hybridized carbons (Fsp3) is 0.125. The molecule has 1 aromatic carbocycles. The molecule has 0 heterocycles. The Bertz CT molecular complexity index is 235. The Morgan fingerprint density at radius 1 is 1.50 bits per heavy atom. The van der Waals surface area contributed by atoms with Crippen LogP contribution in [-0.2, 0) is 0 Å². The van der Waals surface area contributed by atoms with Gasteiger partial charge in [-0.1, -0.05) is 12.1 Å². The lowest BCUT2D eigenvalue weighted by atomic mass is 10.2. The molecule has 0 fully saturated rings. The maximum Gasteiger partial charge on any atom is 0.149 e. The summed E-state index contributed by atoms with van der Waals surface area (Å²) < 4.78 is 12.7. The van der Waals surface area contributed by atoms with Crippen molar-refractivity contribution >= 4 is 12.4 Å². The summed E-state index contributed by atoms with van der Waals surface area (Å²) in [6.45, 7) is 5.06. The Labute approximate surface area is 59.2 Å². The van der Waals surface area contributed by atoms with Crippen molar-refractivity contribution in [3.63, 3.8) is 0 Å². The normalized spacial score (nSPS) is 9.40. The summed E-state index contributed by atoms with van der Waals surface area (Å²) >= 11 is 0. The fourth-order valence-corrected chi connectivity index (χ4v) is 0.823. The van der Waals surface area contributed by atoms with E-state index >= 15 is 0 Å². The van der Waals surface area contributed by atoms with E-state index in [9.17, 15) is 4.39 Å². The fourth-order valence-electron chi connectivity index (χ4n) is 0.823. The van der Waals surface area contributed by atoms with Gasteiger partial charge in [0.1, 0.15) is 11.5 Å². The van der Waals surface area contributed by atoms with Gasteiger partial charge >= 0.3 is 0 Å². The molecule has 0 aliphatic rings. The van der Waals surface area contributed by atoms with Crippen molar-refractivity contribution in [3.05, 3.63) is 29.6 Å². The molecular weight excluding hydrogens is 129 g/mol. The van der Waals surface area contributed by atoms with Crippen molar-refractivity contribution in [1.29, 1.82) is 0 Å². The average molecular weight is 137 g/mol. The molecular formula is C8H8FN. The van der Waals surface area contributed by atoms with Crippen LogP contribution in [0.1, 0.15) is 5.56 Å². The van der Waals surface area contributed by atoms with Crippen molar-refractivity contribution in [2.24, 2.45) is 4.99 Å². The Balaban J connectivity index is 3.30. The third-order valence-corrected chi connectivity index (χ3v) is 1.35. The standard InChI is InChI=1S/C8H8FN/c1-6-4-3-5-7(9)8(6)10-2/h3-5H,2H2,1H3. The van der Waals surface area contributed by atoms with E-state index in [0.717, 1.165) is 5.56 Å². The molecule has 0 saturated heterocycles. The third-order valence-electron chi connectivity index (χ3n) is 1.35. The number of aryl methyl sites for hydroxylation is 1. The van der Waals surface area contributed by atoms with Gasteiger partial charge in [-0.15, -0.1) is 0 Å². The van der Waals surface area contributed by atoms with E-state index in [1.165, 1.54) is 6.07 Å². The van der Waals surface area contributed by atoms with Gasteiger partial charge in [-0.2, -0.15) is 0 Å². The summed E-state index contributed by atoms with van der Waals surface area (Å²) in [4.78, 5) is 3.54. The van der Waals surface area contributed by atoms with Crippen LogP contribution in [0.4, 0.5) is 10.1 Å². The van der Waals surface area contributed by atoms with Crippen LogP contribution >= 0.6 is 0 Å². The van der Waals surface area contributed by atoms with Gasteiger partial charge in [0.2, 0.25) is 0 Å². The lowest BCUT2D eigenvalue weighted by Gasteiger charge is -1.97. The van der Waals surface area contributed by atoms with Crippen molar-refractivity contribution in [2.45, 2.75) is 6.92 Å². The van der Waals surface area contributed by atoms with Crippen LogP contribution in [0.3, 0.4) is 0 Å². The molecule has 0 saturated carbocycles. The number of benzene rings is 1. The predicted molar refractivity (Wildman–Crippen MR) is 40.3 cm³/mol. The topological polar surface area (TPSA) is 12.4 Å². The molecule has 52 valence electrons. The molecule has 2 heteroatoms. The zero-order chi connectivity index (χ0) is 7.56. The summed E-state index contributed by atoms with van der Waals surface area (Å²) in [7, 11) is 0. The van der Waals surface area contributed by atoms with Crippen LogP contribution in [-0.4, -0.2) is 6.72 Å². The maximum atomic E-state index is 12.7. The lowest BCUT2D eigenvalue weighted by molar-refractivity contribution is 0.629. The van der Waals surface area contributed by atoms with E-state index in [0.29, 0.717) is 5.69 Å². The smallest absolute Gasteiger partial charge is 0.149 e. The summed E-state index contributed by atoms with van der Waals surface area (Å²) in [5, 5.41) is 0. The van der Waals surface area contributed by atoms with Gasteiger partial charge in [-0.05, 0) is 25.3 Å². The number of rotatable bonds is 1. The van der Waals surface area contributed by atoms with Crippen molar-refractivity contribution < 1.29 is 4.39 Å². The van der Waals surface area contributed by atoms with E-state index in [-0.39, 0.29) is 5.82 Å². The van der Waals surface area contributed by atoms with E-state index in [1.807, 2.05) is 0 Å². The van der Waals surface area contributed by atoms with E-state index < -0.39 is 0 Å². The first-order valence-electron chi connectivity index (χ1n) is 2.97. The highest BCUT2D eigenvalue weighted by atomic mass is 19.1. The molecule has 0 spiro atoms. The van der Waals surface area contributed by atoms with Gasteiger partial charge in [0.05, 0.1) is 0 Å². The maximum absolute atomic E-state index is 12.7. The molecule has 0 bridgehead atoms. The second kappa shape index (κ2) is 2.60. The number of nitrogens with zero attached hydrogens (tertiary/aromatic N) is 1. The molecule has 0 amide bonds. The molecule has 10 heavy (non-hydrogen) atoms. The highest BCUT2D eigenvalue weighted by Gasteiger charge is 1.99. The molecule has 0 unspecified atom stereocenters. The number of halogens is 1. The average Bonchev–Trinajstić information content (AvgIpc) is 1.88. The first-order chi connectivity index (χ1) is 4.75. The van der Waals surface area contributed by atoms with Gasteiger partial charge in [-0.3, -0.25) is 4.99 Å².